The summed E-state index contributed by atoms with van der Waals surface area (Å²) in [5.41, 5.74) is -0.171. The van der Waals surface area contributed by atoms with Gasteiger partial charge in [-0.2, -0.15) is 0 Å². The predicted molar refractivity (Wildman–Crippen MR) is 115 cm³/mol. The highest BCUT2D eigenvalue weighted by molar-refractivity contribution is 7.89. The van der Waals surface area contributed by atoms with Gasteiger partial charge in [0.2, 0.25) is 10.0 Å². The number of aromatic nitrogens is 1. The summed E-state index contributed by atoms with van der Waals surface area (Å²) in [7, 11) is 0.826. The zero-order valence-corrected chi connectivity index (χ0v) is 18.6. The number of rotatable bonds is 7. The van der Waals surface area contributed by atoms with Crippen LogP contribution in [-0.2, 0) is 17.1 Å². The number of piperidine rings is 1. The van der Waals surface area contributed by atoms with Crippen molar-refractivity contribution < 1.29 is 22.7 Å². The summed E-state index contributed by atoms with van der Waals surface area (Å²) in [5, 5.41) is 0. The molecule has 1 aliphatic rings. The highest BCUT2D eigenvalue weighted by atomic mass is 32.2. The van der Waals surface area contributed by atoms with Gasteiger partial charge in [-0.1, -0.05) is 0 Å². The van der Waals surface area contributed by atoms with Crippen LogP contribution >= 0.6 is 0 Å². The third-order valence-electron chi connectivity index (χ3n) is 5.48. The number of ether oxygens (including phenoxy) is 2. The molecule has 0 saturated carbocycles. The normalized spacial score (nSPS) is 15.0. The third kappa shape index (κ3) is 5.08. The standard InChI is InChI=1S/C21H27N3O6S/c1-23-10-4-5-17(20(23)25)21(26)24-11-8-15(9-12-24)14-22-31(27,28)16-6-7-18(29-2)19(13-16)30-3/h4-7,10,13,15,22H,8-9,11-12,14H2,1-3H3. The number of nitrogens with one attached hydrogen (secondary N) is 1. The molecule has 2 heterocycles. The van der Waals surface area contributed by atoms with Crippen LogP contribution in [0.15, 0.2) is 46.2 Å². The van der Waals surface area contributed by atoms with Crippen LogP contribution in [-0.4, -0.2) is 57.6 Å². The summed E-state index contributed by atoms with van der Waals surface area (Å²) >= 11 is 0. The fourth-order valence-corrected chi connectivity index (χ4v) is 4.70. The molecule has 1 aromatic heterocycles. The lowest BCUT2D eigenvalue weighted by Crippen LogP contribution is -2.43. The van der Waals surface area contributed by atoms with E-state index in [4.69, 9.17) is 9.47 Å². The van der Waals surface area contributed by atoms with Gasteiger partial charge in [-0.15, -0.1) is 0 Å². The van der Waals surface area contributed by atoms with Crippen molar-refractivity contribution in [3.63, 3.8) is 0 Å². The Hall–Kier alpha value is -2.85. The van der Waals surface area contributed by atoms with E-state index in [2.05, 4.69) is 4.72 Å². The van der Waals surface area contributed by atoms with Gasteiger partial charge < -0.3 is 18.9 Å². The molecular formula is C21H27N3O6S. The van der Waals surface area contributed by atoms with E-state index in [9.17, 15) is 18.0 Å². The molecule has 1 fully saturated rings. The van der Waals surface area contributed by atoms with E-state index in [0.717, 1.165) is 0 Å². The molecule has 3 rings (SSSR count). The molecule has 1 N–H and O–H groups in total. The summed E-state index contributed by atoms with van der Waals surface area (Å²) in [6.07, 6.45) is 2.90. The monoisotopic (exact) mass is 449 g/mol. The van der Waals surface area contributed by atoms with Gasteiger partial charge >= 0.3 is 0 Å². The van der Waals surface area contributed by atoms with Gasteiger partial charge in [-0.3, -0.25) is 9.59 Å². The maximum atomic E-state index is 12.7. The molecule has 1 saturated heterocycles. The van der Waals surface area contributed by atoms with Gasteiger partial charge in [0.1, 0.15) is 5.56 Å². The van der Waals surface area contributed by atoms with E-state index in [1.165, 1.54) is 37.0 Å². The molecule has 31 heavy (non-hydrogen) atoms. The topological polar surface area (TPSA) is 107 Å². The largest absolute Gasteiger partial charge is 0.493 e. The number of sulfonamides is 1. The Labute approximate surface area is 181 Å². The highest BCUT2D eigenvalue weighted by Gasteiger charge is 2.26. The second-order valence-corrected chi connectivity index (χ2v) is 9.21. The number of hydrogen-bond acceptors (Lipinski definition) is 6. The summed E-state index contributed by atoms with van der Waals surface area (Å²) in [5.74, 6) is 0.596. The lowest BCUT2D eigenvalue weighted by atomic mass is 9.97. The predicted octanol–water partition coefficient (Wildman–Crippen LogP) is 1.23. The zero-order chi connectivity index (χ0) is 22.6. The SMILES string of the molecule is COc1ccc(S(=O)(=O)NCC2CCN(C(=O)c3cccn(C)c3=O)CC2)cc1OC. The Morgan fingerprint density at radius 3 is 2.45 bits per heavy atom. The summed E-state index contributed by atoms with van der Waals surface area (Å²) in [6.45, 7) is 1.21. The van der Waals surface area contributed by atoms with E-state index in [1.54, 1.807) is 30.3 Å². The van der Waals surface area contributed by atoms with Crippen LogP contribution in [0.2, 0.25) is 0 Å². The summed E-state index contributed by atoms with van der Waals surface area (Å²) in [4.78, 5) is 26.6. The molecule has 0 atom stereocenters. The number of aryl methyl sites for hydroxylation is 1. The molecule has 1 aromatic carbocycles. The molecule has 168 valence electrons. The van der Waals surface area contributed by atoms with E-state index in [-0.39, 0.29) is 34.4 Å². The first-order valence-corrected chi connectivity index (χ1v) is 11.4. The summed E-state index contributed by atoms with van der Waals surface area (Å²) in [6, 6.07) is 7.64. The van der Waals surface area contributed by atoms with Crippen molar-refractivity contribution >= 4 is 15.9 Å². The number of nitrogens with zero attached hydrogens (tertiary/aromatic N) is 2. The minimum atomic E-state index is -3.71. The fraction of sp³-hybridized carbons (Fsp3) is 0.429. The Morgan fingerprint density at radius 2 is 1.81 bits per heavy atom. The Balaban J connectivity index is 1.58. The molecular weight excluding hydrogens is 422 g/mol. The van der Waals surface area contributed by atoms with Crippen LogP contribution < -0.4 is 19.8 Å². The van der Waals surface area contributed by atoms with Crippen molar-refractivity contribution in [3.05, 3.63) is 52.4 Å². The molecule has 0 radical (unpaired) electrons. The maximum absolute atomic E-state index is 12.7. The van der Waals surface area contributed by atoms with Crippen molar-refractivity contribution in [2.45, 2.75) is 17.7 Å². The number of pyridine rings is 1. The van der Waals surface area contributed by atoms with Crippen molar-refractivity contribution in [1.29, 1.82) is 0 Å². The molecule has 1 aliphatic heterocycles. The number of hydrogen-bond donors (Lipinski definition) is 1. The first kappa shape index (κ1) is 22.8. The third-order valence-corrected chi connectivity index (χ3v) is 6.90. The van der Waals surface area contributed by atoms with Crippen LogP contribution in [0.25, 0.3) is 0 Å². The van der Waals surface area contributed by atoms with Gasteiger partial charge in [0, 0.05) is 38.9 Å². The second-order valence-electron chi connectivity index (χ2n) is 7.44. The van der Waals surface area contributed by atoms with Crippen LogP contribution in [0.4, 0.5) is 0 Å². The van der Waals surface area contributed by atoms with E-state index in [1.807, 2.05) is 0 Å². The van der Waals surface area contributed by atoms with Gasteiger partial charge in [-0.05, 0) is 43.0 Å². The number of carbonyl (C=O) groups is 1. The Bertz CT molecular complexity index is 1100. The van der Waals surface area contributed by atoms with Crippen molar-refractivity contribution in [1.82, 2.24) is 14.2 Å². The van der Waals surface area contributed by atoms with E-state index < -0.39 is 10.0 Å². The van der Waals surface area contributed by atoms with Crippen LogP contribution in [0, 0.1) is 5.92 Å². The smallest absolute Gasteiger partial charge is 0.263 e. The minimum absolute atomic E-state index is 0.0950. The van der Waals surface area contributed by atoms with Gasteiger partial charge in [0.15, 0.2) is 11.5 Å². The first-order chi connectivity index (χ1) is 14.8. The number of benzene rings is 1. The molecule has 0 aliphatic carbocycles. The molecule has 0 unspecified atom stereocenters. The number of amides is 1. The molecule has 10 heteroatoms. The zero-order valence-electron chi connectivity index (χ0n) is 17.8. The molecule has 1 amide bonds. The van der Waals surface area contributed by atoms with Crippen molar-refractivity contribution in [3.8, 4) is 11.5 Å². The van der Waals surface area contributed by atoms with Crippen molar-refractivity contribution in [2.75, 3.05) is 33.9 Å². The summed E-state index contributed by atoms with van der Waals surface area (Å²) < 4.78 is 39.7. The molecule has 2 aromatic rings. The quantitative estimate of drug-likeness (QED) is 0.682. The first-order valence-electron chi connectivity index (χ1n) is 9.93. The lowest BCUT2D eigenvalue weighted by Gasteiger charge is -2.32. The Kier molecular flexibility index (Phi) is 7.01. The maximum Gasteiger partial charge on any atom is 0.263 e. The molecule has 9 nitrogen and oxygen atoms in total. The van der Waals surface area contributed by atoms with Crippen LogP contribution in [0.3, 0.4) is 0 Å². The number of likely N-dealkylation sites (tertiary alicyclic amines) is 1. The fourth-order valence-electron chi connectivity index (χ4n) is 3.57. The minimum Gasteiger partial charge on any atom is -0.493 e. The average Bonchev–Trinajstić information content (AvgIpc) is 2.79. The molecule has 0 spiro atoms. The lowest BCUT2D eigenvalue weighted by molar-refractivity contribution is 0.0689. The Morgan fingerprint density at radius 1 is 1.13 bits per heavy atom. The highest BCUT2D eigenvalue weighted by Crippen LogP contribution is 2.29. The average molecular weight is 450 g/mol. The number of methoxy groups -OCH3 is 2. The number of carbonyl (C=O) groups excluding carboxylic acids is 1. The van der Waals surface area contributed by atoms with Crippen LogP contribution in [0.5, 0.6) is 11.5 Å². The van der Waals surface area contributed by atoms with Gasteiger partial charge in [-0.25, -0.2) is 13.1 Å². The second kappa shape index (κ2) is 9.52. The van der Waals surface area contributed by atoms with Gasteiger partial charge in [0.25, 0.3) is 11.5 Å². The van der Waals surface area contributed by atoms with Crippen LogP contribution in [0.1, 0.15) is 23.2 Å². The van der Waals surface area contributed by atoms with E-state index in [0.29, 0.717) is 37.4 Å². The van der Waals surface area contributed by atoms with Crippen molar-refractivity contribution in [2.24, 2.45) is 13.0 Å². The van der Waals surface area contributed by atoms with Gasteiger partial charge in [0.05, 0.1) is 19.1 Å². The van der Waals surface area contributed by atoms with E-state index >= 15 is 0 Å². The molecule has 0 bridgehead atoms.